The van der Waals surface area contributed by atoms with Gasteiger partial charge in [-0.15, -0.1) is 0 Å². The summed E-state index contributed by atoms with van der Waals surface area (Å²) in [5, 5.41) is 9.78. The van der Waals surface area contributed by atoms with E-state index in [0.717, 1.165) is 6.42 Å². The largest absolute Gasteiger partial charge is 0.350 e. The first kappa shape index (κ1) is 12.9. The molecule has 0 spiro atoms. The Kier molecular flexibility index (Phi) is 4.19. The maximum Gasteiger partial charge on any atom is 0.317 e. The first-order chi connectivity index (χ1) is 8.65. The van der Waals surface area contributed by atoms with Gasteiger partial charge in [-0.1, -0.05) is 0 Å². The SMILES string of the molecule is CC(=O)NC1CN(C(=O)NCCc2ccsc2)C1. The molecule has 1 saturated heterocycles. The second-order valence-corrected chi connectivity index (χ2v) is 5.20. The van der Waals surface area contributed by atoms with Gasteiger partial charge in [-0.25, -0.2) is 4.79 Å². The van der Waals surface area contributed by atoms with Crippen LogP contribution in [0, 0.1) is 0 Å². The van der Waals surface area contributed by atoms with Gasteiger partial charge in [0, 0.05) is 26.6 Å². The molecule has 1 aromatic rings. The number of hydrogen-bond acceptors (Lipinski definition) is 3. The van der Waals surface area contributed by atoms with Crippen LogP contribution in [0.4, 0.5) is 4.79 Å². The van der Waals surface area contributed by atoms with Gasteiger partial charge in [0.05, 0.1) is 6.04 Å². The molecule has 2 rings (SSSR count). The predicted molar refractivity (Wildman–Crippen MR) is 70.6 cm³/mol. The van der Waals surface area contributed by atoms with Gasteiger partial charge in [0.25, 0.3) is 0 Å². The molecular weight excluding hydrogens is 250 g/mol. The quantitative estimate of drug-likeness (QED) is 0.848. The number of carbonyl (C=O) groups is 2. The Labute approximate surface area is 110 Å². The number of nitrogens with one attached hydrogen (secondary N) is 2. The summed E-state index contributed by atoms with van der Waals surface area (Å²) in [7, 11) is 0. The highest BCUT2D eigenvalue weighted by atomic mass is 32.1. The third-order valence-corrected chi connectivity index (χ3v) is 3.58. The lowest BCUT2D eigenvalue weighted by Crippen LogP contribution is -2.62. The third-order valence-electron chi connectivity index (χ3n) is 2.85. The molecule has 18 heavy (non-hydrogen) atoms. The molecule has 0 aliphatic carbocycles. The number of nitrogens with zero attached hydrogens (tertiary/aromatic N) is 1. The van der Waals surface area contributed by atoms with Crippen LogP contribution in [0.2, 0.25) is 0 Å². The second-order valence-electron chi connectivity index (χ2n) is 4.42. The van der Waals surface area contributed by atoms with Crippen LogP contribution in [0.5, 0.6) is 0 Å². The highest BCUT2D eigenvalue weighted by Crippen LogP contribution is 2.08. The third kappa shape index (κ3) is 3.46. The van der Waals surface area contributed by atoms with Gasteiger partial charge >= 0.3 is 6.03 Å². The van der Waals surface area contributed by atoms with E-state index in [9.17, 15) is 9.59 Å². The molecule has 0 atom stereocenters. The van der Waals surface area contributed by atoms with Crippen LogP contribution in [0.3, 0.4) is 0 Å². The normalized spacial score (nSPS) is 15.1. The minimum atomic E-state index is -0.0492. The van der Waals surface area contributed by atoms with E-state index >= 15 is 0 Å². The van der Waals surface area contributed by atoms with Crippen LogP contribution in [-0.4, -0.2) is 42.5 Å². The molecule has 98 valence electrons. The Balaban J connectivity index is 1.60. The zero-order valence-corrected chi connectivity index (χ0v) is 11.1. The molecular formula is C12H17N3O2S. The van der Waals surface area contributed by atoms with Crippen molar-refractivity contribution in [1.82, 2.24) is 15.5 Å². The second kappa shape index (κ2) is 5.86. The molecule has 2 heterocycles. The van der Waals surface area contributed by atoms with Crippen molar-refractivity contribution in [1.29, 1.82) is 0 Å². The number of thiophene rings is 1. The molecule has 0 aromatic carbocycles. The number of rotatable bonds is 4. The molecule has 6 heteroatoms. The summed E-state index contributed by atoms with van der Waals surface area (Å²) in [5.41, 5.74) is 1.25. The molecule has 0 unspecified atom stereocenters. The summed E-state index contributed by atoms with van der Waals surface area (Å²) < 4.78 is 0. The van der Waals surface area contributed by atoms with Crippen LogP contribution < -0.4 is 10.6 Å². The Bertz CT molecular complexity index is 413. The minimum Gasteiger partial charge on any atom is -0.350 e. The van der Waals surface area contributed by atoms with Gasteiger partial charge in [0.1, 0.15) is 0 Å². The van der Waals surface area contributed by atoms with Crippen LogP contribution in [0.15, 0.2) is 16.8 Å². The van der Waals surface area contributed by atoms with Gasteiger partial charge in [-0.3, -0.25) is 4.79 Å². The molecule has 2 N–H and O–H groups in total. The predicted octanol–water partition coefficient (Wildman–Crippen LogP) is 0.821. The number of hydrogen-bond donors (Lipinski definition) is 2. The van der Waals surface area contributed by atoms with Crippen molar-refractivity contribution < 1.29 is 9.59 Å². The molecule has 0 saturated carbocycles. The van der Waals surface area contributed by atoms with E-state index in [1.165, 1.54) is 12.5 Å². The van der Waals surface area contributed by atoms with Gasteiger partial charge in [-0.05, 0) is 28.8 Å². The van der Waals surface area contributed by atoms with Crippen molar-refractivity contribution in [3.05, 3.63) is 22.4 Å². The highest BCUT2D eigenvalue weighted by Gasteiger charge is 2.30. The summed E-state index contributed by atoms with van der Waals surface area (Å²) >= 11 is 1.66. The fourth-order valence-electron chi connectivity index (χ4n) is 1.88. The Hall–Kier alpha value is -1.56. The number of carbonyl (C=O) groups excluding carboxylic acids is 2. The van der Waals surface area contributed by atoms with Crippen molar-refractivity contribution in [3.8, 4) is 0 Å². The summed E-state index contributed by atoms with van der Waals surface area (Å²) in [6, 6.07) is 2.13. The summed E-state index contributed by atoms with van der Waals surface area (Å²) in [6.07, 6.45) is 0.859. The summed E-state index contributed by atoms with van der Waals surface area (Å²) in [5.74, 6) is -0.0440. The standard InChI is InChI=1S/C12H17N3O2S/c1-9(16)14-11-6-15(7-11)12(17)13-4-2-10-3-5-18-8-10/h3,5,8,11H,2,4,6-7H2,1H3,(H,13,17)(H,14,16). The molecule has 1 aliphatic heterocycles. The van der Waals surface area contributed by atoms with E-state index in [-0.39, 0.29) is 18.0 Å². The lowest BCUT2D eigenvalue weighted by molar-refractivity contribution is -0.120. The zero-order valence-electron chi connectivity index (χ0n) is 10.3. The van der Waals surface area contributed by atoms with Crippen LogP contribution in [0.25, 0.3) is 0 Å². The lowest BCUT2D eigenvalue weighted by Gasteiger charge is -2.39. The summed E-state index contributed by atoms with van der Waals surface area (Å²) in [4.78, 5) is 24.2. The lowest BCUT2D eigenvalue weighted by atomic mass is 10.1. The van der Waals surface area contributed by atoms with Crippen LogP contribution >= 0.6 is 11.3 Å². The topological polar surface area (TPSA) is 61.4 Å². The van der Waals surface area contributed by atoms with Gasteiger partial charge < -0.3 is 15.5 Å². The van der Waals surface area contributed by atoms with Crippen LogP contribution in [0.1, 0.15) is 12.5 Å². The zero-order chi connectivity index (χ0) is 13.0. The van der Waals surface area contributed by atoms with E-state index in [1.807, 2.05) is 5.38 Å². The maximum atomic E-state index is 11.7. The fourth-order valence-corrected chi connectivity index (χ4v) is 2.59. The van der Waals surface area contributed by atoms with E-state index in [0.29, 0.717) is 19.6 Å². The van der Waals surface area contributed by atoms with Crippen molar-refractivity contribution >= 4 is 23.3 Å². The van der Waals surface area contributed by atoms with E-state index in [1.54, 1.807) is 16.2 Å². The molecule has 0 radical (unpaired) electrons. The average Bonchev–Trinajstić information content (AvgIpc) is 2.75. The minimum absolute atomic E-state index is 0.0440. The fraction of sp³-hybridized carbons (Fsp3) is 0.500. The number of urea groups is 1. The van der Waals surface area contributed by atoms with Crippen molar-refractivity contribution in [2.45, 2.75) is 19.4 Å². The van der Waals surface area contributed by atoms with Crippen molar-refractivity contribution in [2.24, 2.45) is 0 Å². The Morgan fingerprint density at radius 1 is 1.50 bits per heavy atom. The highest BCUT2D eigenvalue weighted by molar-refractivity contribution is 7.07. The first-order valence-electron chi connectivity index (χ1n) is 5.96. The van der Waals surface area contributed by atoms with Gasteiger partial charge in [0.15, 0.2) is 0 Å². The molecule has 1 aromatic heterocycles. The van der Waals surface area contributed by atoms with Crippen molar-refractivity contribution in [2.75, 3.05) is 19.6 Å². The maximum absolute atomic E-state index is 11.7. The Morgan fingerprint density at radius 3 is 2.89 bits per heavy atom. The number of likely N-dealkylation sites (tertiary alicyclic amines) is 1. The number of amides is 3. The average molecular weight is 267 g/mol. The summed E-state index contributed by atoms with van der Waals surface area (Å²) in [6.45, 7) is 3.34. The van der Waals surface area contributed by atoms with E-state index < -0.39 is 0 Å². The van der Waals surface area contributed by atoms with Gasteiger partial charge in [0.2, 0.25) is 5.91 Å². The van der Waals surface area contributed by atoms with Gasteiger partial charge in [-0.2, -0.15) is 11.3 Å². The first-order valence-corrected chi connectivity index (χ1v) is 6.90. The molecule has 5 nitrogen and oxygen atoms in total. The molecule has 3 amide bonds. The van der Waals surface area contributed by atoms with E-state index in [4.69, 9.17) is 0 Å². The Morgan fingerprint density at radius 2 is 2.28 bits per heavy atom. The van der Waals surface area contributed by atoms with Crippen LogP contribution in [-0.2, 0) is 11.2 Å². The molecule has 0 bridgehead atoms. The monoisotopic (exact) mass is 267 g/mol. The van der Waals surface area contributed by atoms with Crippen molar-refractivity contribution in [3.63, 3.8) is 0 Å². The molecule has 1 aliphatic rings. The van der Waals surface area contributed by atoms with E-state index in [2.05, 4.69) is 22.1 Å². The molecule has 1 fully saturated rings. The smallest absolute Gasteiger partial charge is 0.317 e.